The lowest BCUT2D eigenvalue weighted by Crippen LogP contribution is -2.13. The van der Waals surface area contributed by atoms with Crippen molar-refractivity contribution in [1.29, 1.82) is 0 Å². The lowest BCUT2D eigenvalue weighted by atomic mass is 10.0. The van der Waals surface area contributed by atoms with Gasteiger partial charge in [-0.25, -0.2) is 0 Å². The van der Waals surface area contributed by atoms with E-state index in [0.29, 0.717) is 26.1 Å². The third-order valence-corrected chi connectivity index (χ3v) is 4.75. The Morgan fingerprint density at radius 1 is 0.871 bits per heavy atom. The lowest BCUT2D eigenvalue weighted by Gasteiger charge is -2.10. The quantitative estimate of drug-likeness (QED) is 0.256. The van der Waals surface area contributed by atoms with Gasteiger partial charge < -0.3 is 14.3 Å². The molecule has 3 aromatic rings. The van der Waals surface area contributed by atoms with Crippen LogP contribution in [0.25, 0.3) is 11.1 Å². The zero-order valence-corrected chi connectivity index (χ0v) is 17.9. The maximum absolute atomic E-state index is 11.5. The summed E-state index contributed by atoms with van der Waals surface area (Å²) >= 11 is 0. The second kappa shape index (κ2) is 11.6. The molecule has 0 radical (unpaired) electrons. The van der Waals surface area contributed by atoms with Crippen LogP contribution < -0.4 is 4.74 Å². The fourth-order valence-corrected chi connectivity index (χ4v) is 3.14. The number of aryl methyl sites for hydroxylation is 1. The molecule has 0 aliphatic rings. The third-order valence-electron chi connectivity index (χ3n) is 4.75. The molecule has 0 amide bonds. The van der Waals surface area contributed by atoms with Crippen LogP contribution >= 0.6 is 0 Å². The predicted octanol–water partition coefficient (Wildman–Crippen LogP) is 5.28. The van der Waals surface area contributed by atoms with Gasteiger partial charge in [-0.05, 0) is 42.2 Å². The first kappa shape index (κ1) is 22.1. The largest absolute Gasteiger partial charge is 0.487 e. The molecular formula is C26H27NO4. The Hall–Kier alpha value is -3.60. The van der Waals surface area contributed by atoms with Crippen LogP contribution in [0.3, 0.4) is 0 Å². The van der Waals surface area contributed by atoms with Crippen molar-refractivity contribution in [1.82, 2.24) is 0 Å². The molecule has 31 heavy (non-hydrogen) atoms. The van der Waals surface area contributed by atoms with E-state index in [-0.39, 0.29) is 5.97 Å². The molecule has 0 aliphatic carbocycles. The molecule has 0 aliphatic heterocycles. The maximum atomic E-state index is 11.5. The summed E-state index contributed by atoms with van der Waals surface area (Å²) in [7, 11) is 1.53. The monoisotopic (exact) mass is 417 g/mol. The highest BCUT2D eigenvalue weighted by Crippen LogP contribution is 2.23. The van der Waals surface area contributed by atoms with E-state index in [2.05, 4.69) is 17.3 Å². The highest BCUT2D eigenvalue weighted by atomic mass is 16.6. The SMILES string of the molecule is CCOC(=O)CCc1ccc(-c2ccc(OC/C(=N/OC)c3ccccc3)cc2)cc1. The Bertz CT molecular complexity index is 980. The smallest absolute Gasteiger partial charge is 0.306 e. The fraction of sp³-hybridized carbons (Fsp3) is 0.231. The Labute approximate surface area is 183 Å². The van der Waals surface area contributed by atoms with Gasteiger partial charge >= 0.3 is 5.97 Å². The van der Waals surface area contributed by atoms with Crippen LogP contribution in [0.2, 0.25) is 0 Å². The highest BCUT2D eigenvalue weighted by molar-refractivity contribution is 6.01. The molecule has 5 nitrogen and oxygen atoms in total. The number of hydrogen-bond donors (Lipinski definition) is 0. The third kappa shape index (κ3) is 6.71. The number of oxime groups is 1. The second-order valence-corrected chi connectivity index (χ2v) is 6.90. The summed E-state index contributed by atoms with van der Waals surface area (Å²) < 4.78 is 10.9. The van der Waals surface area contributed by atoms with Crippen LogP contribution in [0.4, 0.5) is 0 Å². The van der Waals surface area contributed by atoms with Crippen LogP contribution in [0, 0.1) is 0 Å². The maximum Gasteiger partial charge on any atom is 0.306 e. The van der Waals surface area contributed by atoms with Gasteiger partial charge in [-0.1, -0.05) is 71.9 Å². The minimum absolute atomic E-state index is 0.159. The Kier molecular flexibility index (Phi) is 8.23. The van der Waals surface area contributed by atoms with Crippen LogP contribution in [0.15, 0.2) is 84.0 Å². The van der Waals surface area contributed by atoms with Gasteiger partial charge in [0.2, 0.25) is 0 Å². The molecule has 0 aromatic heterocycles. The minimum Gasteiger partial charge on any atom is -0.487 e. The number of esters is 1. The fourth-order valence-electron chi connectivity index (χ4n) is 3.14. The standard InChI is InChI=1S/C26H27NO4/c1-3-30-26(28)18-11-20-9-12-21(13-10-20)22-14-16-24(17-15-22)31-19-25(27-29-2)23-7-5-4-6-8-23/h4-10,12-17H,3,11,18-19H2,1-2H3/b27-25-. The molecule has 0 heterocycles. The first-order valence-corrected chi connectivity index (χ1v) is 10.3. The molecule has 0 saturated carbocycles. The molecule has 0 N–H and O–H groups in total. The van der Waals surface area contributed by atoms with Crippen LogP contribution in [0.5, 0.6) is 5.75 Å². The molecule has 0 atom stereocenters. The van der Waals surface area contributed by atoms with E-state index in [1.54, 1.807) is 0 Å². The van der Waals surface area contributed by atoms with Crippen molar-refractivity contribution in [2.45, 2.75) is 19.8 Å². The average Bonchev–Trinajstić information content (AvgIpc) is 2.82. The first-order chi connectivity index (χ1) is 15.2. The van der Waals surface area contributed by atoms with Crippen molar-refractivity contribution in [2.75, 3.05) is 20.3 Å². The van der Waals surface area contributed by atoms with E-state index in [0.717, 1.165) is 33.7 Å². The first-order valence-electron chi connectivity index (χ1n) is 10.3. The van der Waals surface area contributed by atoms with Crippen LogP contribution in [0.1, 0.15) is 24.5 Å². The van der Waals surface area contributed by atoms with Crippen molar-refractivity contribution >= 4 is 11.7 Å². The zero-order valence-electron chi connectivity index (χ0n) is 17.9. The molecule has 3 rings (SSSR count). The summed E-state index contributed by atoms with van der Waals surface area (Å²) in [5, 5.41) is 4.08. The van der Waals surface area contributed by atoms with E-state index in [9.17, 15) is 4.79 Å². The highest BCUT2D eigenvalue weighted by Gasteiger charge is 2.07. The molecule has 0 unspecified atom stereocenters. The van der Waals surface area contributed by atoms with E-state index in [1.165, 1.54) is 7.11 Å². The van der Waals surface area contributed by atoms with Gasteiger partial charge in [-0.2, -0.15) is 0 Å². The number of ether oxygens (including phenoxy) is 2. The summed E-state index contributed by atoms with van der Waals surface area (Å²) in [5.41, 5.74) is 5.01. The number of hydrogen-bond acceptors (Lipinski definition) is 5. The summed E-state index contributed by atoms with van der Waals surface area (Å²) in [5.74, 6) is 0.600. The van der Waals surface area contributed by atoms with Crippen molar-refractivity contribution in [3.63, 3.8) is 0 Å². The number of benzene rings is 3. The van der Waals surface area contributed by atoms with E-state index in [4.69, 9.17) is 14.3 Å². The topological polar surface area (TPSA) is 57.1 Å². The summed E-state index contributed by atoms with van der Waals surface area (Å²) in [6.07, 6.45) is 1.08. The molecule has 0 bridgehead atoms. The molecule has 5 heteroatoms. The van der Waals surface area contributed by atoms with Gasteiger partial charge in [0.05, 0.1) is 6.61 Å². The van der Waals surface area contributed by atoms with Crippen LogP contribution in [-0.4, -0.2) is 32.0 Å². The molecule has 3 aromatic carbocycles. The summed E-state index contributed by atoms with van der Waals surface area (Å²) in [6, 6.07) is 26.0. The number of carbonyl (C=O) groups is 1. The van der Waals surface area contributed by atoms with Gasteiger partial charge in [0.15, 0.2) is 0 Å². The van der Waals surface area contributed by atoms with Crippen molar-refractivity contribution in [2.24, 2.45) is 5.16 Å². The van der Waals surface area contributed by atoms with Gasteiger partial charge in [-0.15, -0.1) is 0 Å². The summed E-state index contributed by atoms with van der Waals surface area (Å²) in [4.78, 5) is 16.5. The number of nitrogens with zero attached hydrogens (tertiary/aromatic N) is 1. The molecule has 0 spiro atoms. The predicted molar refractivity (Wildman–Crippen MR) is 122 cm³/mol. The second-order valence-electron chi connectivity index (χ2n) is 6.90. The average molecular weight is 418 g/mol. The lowest BCUT2D eigenvalue weighted by molar-refractivity contribution is -0.143. The molecular weight excluding hydrogens is 390 g/mol. The van der Waals surface area contributed by atoms with E-state index < -0.39 is 0 Å². The van der Waals surface area contributed by atoms with Crippen molar-refractivity contribution in [3.05, 3.63) is 90.0 Å². The van der Waals surface area contributed by atoms with E-state index in [1.807, 2.05) is 73.7 Å². The summed E-state index contributed by atoms with van der Waals surface area (Å²) in [6.45, 7) is 2.55. The van der Waals surface area contributed by atoms with Gasteiger partial charge in [0.25, 0.3) is 0 Å². The van der Waals surface area contributed by atoms with Gasteiger partial charge in [0, 0.05) is 12.0 Å². The Morgan fingerprint density at radius 2 is 1.52 bits per heavy atom. The normalized spacial score (nSPS) is 11.1. The number of rotatable bonds is 10. The molecule has 0 fully saturated rings. The number of carbonyl (C=O) groups excluding carboxylic acids is 1. The van der Waals surface area contributed by atoms with E-state index >= 15 is 0 Å². The molecule has 160 valence electrons. The minimum atomic E-state index is -0.159. The Balaban J connectivity index is 1.58. The molecule has 0 saturated heterocycles. The van der Waals surface area contributed by atoms with Gasteiger partial charge in [-0.3, -0.25) is 4.79 Å². The van der Waals surface area contributed by atoms with Crippen molar-refractivity contribution in [3.8, 4) is 16.9 Å². The van der Waals surface area contributed by atoms with Gasteiger partial charge in [0.1, 0.15) is 25.2 Å². The van der Waals surface area contributed by atoms with Crippen molar-refractivity contribution < 1.29 is 19.1 Å². The zero-order chi connectivity index (χ0) is 21.9. The Morgan fingerprint density at radius 3 is 2.13 bits per heavy atom. The van der Waals surface area contributed by atoms with Crippen LogP contribution in [-0.2, 0) is 20.8 Å².